The standard InChI is InChI=1S/C20H28N4O4/c1-3-26-19(27-4-2)14-24-13-18(22-23-24)20(25)21-15-9-11-17(12-10-15)28-16-7-5-6-8-16/h9-13,16,19H,3-8,14H2,1-2H3,(H,21,25). The molecule has 0 atom stereocenters. The molecular formula is C20H28N4O4. The molecule has 152 valence electrons. The van der Waals surface area contributed by atoms with Gasteiger partial charge in [0.2, 0.25) is 0 Å². The van der Waals surface area contributed by atoms with Crippen molar-refractivity contribution in [2.45, 2.75) is 58.5 Å². The van der Waals surface area contributed by atoms with Gasteiger partial charge < -0.3 is 19.5 Å². The summed E-state index contributed by atoms with van der Waals surface area (Å²) >= 11 is 0. The molecule has 1 saturated carbocycles. The van der Waals surface area contributed by atoms with Crippen molar-refractivity contribution in [3.63, 3.8) is 0 Å². The zero-order valence-electron chi connectivity index (χ0n) is 16.5. The number of nitrogens with zero attached hydrogens (tertiary/aromatic N) is 3. The van der Waals surface area contributed by atoms with Gasteiger partial charge in [0.15, 0.2) is 12.0 Å². The molecule has 3 rings (SSSR count). The van der Waals surface area contributed by atoms with Gasteiger partial charge >= 0.3 is 0 Å². The van der Waals surface area contributed by atoms with Crippen LogP contribution in [0.1, 0.15) is 50.0 Å². The highest BCUT2D eigenvalue weighted by Crippen LogP contribution is 2.25. The molecule has 0 spiro atoms. The molecule has 8 nitrogen and oxygen atoms in total. The third kappa shape index (κ3) is 5.77. The Morgan fingerprint density at radius 2 is 1.86 bits per heavy atom. The second-order valence-corrected chi connectivity index (χ2v) is 6.67. The summed E-state index contributed by atoms with van der Waals surface area (Å²) in [6.45, 7) is 5.24. The first kappa shape index (κ1) is 20.3. The maximum atomic E-state index is 12.4. The molecule has 1 aliphatic rings. The predicted molar refractivity (Wildman–Crippen MR) is 104 cm³/mol. The van der Waals surface area contributed by atoms with E-state index in [9.17, 15) is 4.79 Å². The van der Waals surface area contributed by atoms with Crippen LogP contribution in [0.15, 0.2) is 30.5 Å². The van der Waals surface area contributed by atoms with Gasteiger partial charge in [0, 0.05) is 18.9 Å². The smallest absolute Gasteiger partial charge is 0.277 e. The number of rotatable bonds is 10. The number of ether oxygens (including phenoxy) is 3. The van der Waals surface area contributed by atoms with E-state index < -0.39 is 6.29 Å². The van der Waals surface area contributed by atoms with Gasteiger partial charge in [-0.25, -0.2) is 4.68 Å². The van der Waals surface area contributed by atoms with Crippen LogP contribution in [0.25, 0.3) is 0 Å². The van der Waals surface area contributed by atoms with Gasteiger partial charge in [-0.2, -0.15) is 0 Å². The number of anilines is 1. The van der Waals surface area contributed by atoms with Gasteiger partial charge in [0.25, 0.3) is 5.91 Å². The van der Waals surface area contributed by atoms with Crippen LogP contribution < -0.4 is 10.1 Å². The lowest BCUT2D eigenvalue weighted by molar-refractivity contribution is -0.145. The summed E-state index contributed by atoms with van der Waals surface area (Å²) in [5.41, 5.74) is 0.915. The highest BCUT2D eigenvalue weighted by atomic mass is 16.7. The summed E-state index contributed by atoms with van der Waals surface area (Å²) in [5.74, 6) is 0.508. The molecular weight excluding hydrogens is 360 g/mol. The summed E-state index contributed by atoms with van der Waals surface area (Å²) in [5, 5.41) is 10.7. The number of hydrogen-bond donors (Lipinski definition) is 1. The Balaban J connectivity index is 1.53. The Hall–Kier alpha value is -2.45. The topological polar surface area (TPSA) is 87.5 Å². The van der Waals surface area contributed by atoms with Crippen LogP contribution >= 0.6 is 0 Å². The lowest BCUT2D eigenvalue weighted by atomic mass is 10.2. The molecule has 1 fully saturated rings. The first-order valence-electron chi connectivity index (χ1n) is 9.89. The van der Waals surface area contributed by atoms with Crippen LogP contribution in [-0.4, -0.2) is 46.5 Å². The van der Waals surface area contributed by atoms with Crippen molar-refractivity contribution in [3.05, 3.63) is 36.2 Å². The van der Waals surface area contributed by atoms with E-state index in [4.69, 9.17) is 14.2 Å². The number of nitrogens with one attached hydrogen (secondary N) is 1. The Kier molecular flexibility index (Phi) is 7.39. The monoisotopic (exact) mass is 388 g/mol. The average Bonchev–Trinajstić information content (AvgIpc) is 3.36. The number of hydrogen-bond acceptors (Lipinski definition) is 6. The van der Waals surface area contributed by atoms with E-state index in [1.165, 1.54) is 12.8 Å². The largest absolute Gasteiger partial charge is 0.490 e. The maximum absolute atomic E-state index is 12.4. The fourth-order valence-corrected chi connectivity index (χ4v) is 3.18. The zero-order valence-corrected chi connectivity index (χ0v) is 16.5. The van der Waals surface area contributed by atoms with E-state index >= 15 is 0 Å². The van der Waals surface area contributed by atoms with Crippen molar-refractivity contribution >= 4 is 11.6 Å². The summed E-state index contributed by atoms with van der Waals surface area (Å²) < 4.78 is 18.5. The lowest BCUT2D eigenvalue weighted by Crippen LogP contribution is -2.24. The van der Waals surface area contributed by atoms with Crippen LogP contribution in [0, 0.1) is 0 Å². The molecule has 0 unspecified atom stereocenters. The Labute approximate surface area is 165 Å². The molecule has 1 heterocycles. The van der Waals surface area contributed by atoms with E-state index in [1.54, 1.807) is 10.9 Å². The first-order chi connectivity index (χ1) is 13.7. The molecule has 0 radical (unpaired) electrons. The molecule has 8 heteroatoms. The normalized spacial score (nSPS) is 14.5. The predicted octanol–water partition coefficient (Wildman–Crippen LogP) is 3.25. The third-order valence-corrected chi connectivity index (χ3v) is 4.53. The molecule has 0 bridgehead atoms. The Morgan fingerprint density at radius 1 is 1.18 bits per heavy atom. The van der Waals surface area contributed by atoms with E-state index in [1.807, 2.05) is 38.1 Å². The molecule has 1 aromatic heterocycles. The van der Waals surface area contributed by atoms with Crippen molar-refractivity contribution in [2.75, 3.05) is 18.5 Å². The SMILES string of the molecule is CCOC(Cn1cc(C(=O)Nc2ccc(OC3CCCC3)cc2)nn1)OCC. The quantitative estimate of drug-likeness (QED) is 0.629. The highest BCUT2D eigenvalue weighted by Gasteiger charge is 2.17. The minimum Gasteiger partial charge on any atom is -0.490 e. The first-order valence-corrected chi connectivity index (χ1v) is 9.89. The van der Waals surface area contributed by atoms with Crippen molar-refractivity contribution in [1.82, 2.24) is 15.0 Å². The summed E-state index contributed by atoms with van der Waals surface area (Å²) in [7, 11) is 0. The van der Waals surface area contributed by atoms with Gasteiger partial charge in [0.05, 0.1) is 18.8 Å². The van der Waals surface area contributed by atoms with Crippen molar-refractivity contribution in [3.8, 4) is 5.75 Å². The minimum atomic E-state index is -0.417. The van der Waals surface area contributed by atoms with Crippen LogP contribution in [0.2, 0.25) is 0 Å². The van der Waals surface area contributed by atoms with E-state index in [0.717, 1.165) is 18.6 Å². The summed E-state index contributed by atoms with van der Waals surface area (Å²) in [6, 6.07) is 7.40. The van der Waals surface area contributed by atoms with Crippen LogP contribution in [0.3, 0.4) is 0 Å². The fraction of sp³-hybridized carbons (Fsp3) is 0.550. The number of aromatic nitrogens is 3. The van der Waals surface area contributed by atoms with Crippen molar-refractivity contribution in [1.29, 1.82) is 0 Å². The van der Waals surface area contributed by atoms with Gasteiger partial charge in [-0.15, -0.1) is 5.10 Å². The molecule has 28 heavy (non-hydrogen) atoms. The number of carbonyl (C=O) groups is 1. The number of benzene rings is 1. The van der Waals surface area contributed by atoms with Gasteiger partial charge in [-0.05, 0) is 63.8 Å². The van der Waals surface area contributed by atoms with Crippen LogP contribution in [0.4, 0.5) is 5.69 Å². The average molecular weight is 388 g/mol. The van der Waals surface area contributed by atoms with Crippen LogP contribution in [0.5, 0.6) is 5.75 Å². The molecule has 2 aromatic rings. The van der Waals surface area contributed by atoms with E-state index in [0.29, 0.717) is 31.5 Å². The number of amides is 1. The second kappa shape index (κ2) is 10.2. The molecule has 1 aliphatic carbocycles. The zero-order chi connectivity index (χ0) is 19.8. The molecule has 0 aliphatic heterocycles. The Bertz CT molecular complexity index is 735. The van der Waals surface area contributed by atoms with Crippen molar-refractivity contribution < 1.29 is 19.0 Å². The molecule has 1 N–H and O–H groups in total. The molecule has 1 amide bonds. The third-order valence-electron chi connectivity index (χ3n) is 4.53. The minimum absolute atomic E-state index is 0.234. The fourth-order valence-electron chi connectivity index (χ4n) is 3.18. The summed E-state index contributed by atoms with van der Waals surface area (Å²) in [6.07, 6.45) is 6.17. The second-order valence-electron chi connectivity index (χ2n) is 6.67. The van der Waals surface area contributed by atoms with Gasteiger partial charge in [-0.1, -0.05) is 5.21 Å². The highest BCUT2D eigenvalue weighted by molar-refractivity contribution is 6.02. The lowest BCUT2D eigenvalue weighted by Gasteiger charge is -2.16. The van der Waals surface area contributed by atoms with E-state index in [-0.39, 0.29) is 11.6 Å². The summed E-state index contributed by atoms with van der Waals surface area (Å²) in [4.78, 5) is 12.4. The number of carbonyl (C=O) groups excluding carboxylic acids is 1. The molecule has 1 aromatic carbocycles. The van der Waals surface area contributed by atoms with Crippen LogP contribution in [-0.2, 0) is 16.0 Å². The Morgan fingerprint density at radius 3 is 2.50 bits per heavy atom. The van der Waals surface area contributed by atoms with E-state index in [2.05, 4.69) is 15.6 Å². The molecule has 0 saturated heterocycles. The van der Waals surface area contributed by atoms with Crippen molar-refractivity contribution in [2.24, 2.45) is 0 Å². The van der Waals surface area contributed by atoms with Gasteiger partial charge in [0.1, 0.15) is 5.75 Å². The van der Waals surface area contributed by atoms with Gasteiger partial charge in [-0.3, -0.25) is 4.79 Å². The maximum Gasteiger partial charge on any atom is 0.277 e.